The molecule has 3 atom stereocenters. The summed E-state index contributed by atoms with van der Waals surface area (Å²) in [5.74, 6) is 0.333. The van der Waals surface area contributed by atoms with Gasteiger partial charge in [0.2, 0.25) is 0 Å². The Hall–Kier alpha value is -1.00. The molecule has 3 nitrogen and oxygen atoms in total. The Morgan fingerprint density at radius 1 is 1.59 bits per heavy atom. The molecule has 17 heavy (non-hydrogen) atoms. The van der Waals surface area contributed by atoms with E-state index in [4.69, 9.17) is 0 Å². The topological polar surface area (TPSA) is 45.1 Å². The van der Waals surface area contributed by atoms with Crippen molar-refractivity contribution in [3.05, 3.63) is 29.8 Å². The molecule has 1 aromatic heterocycles. The Morgan fingerprint density at radius 3 is 3.06 bits per heavy atom. The molecule has 0 saturated carbocycles. The van der Waals surface area contributed by atoms with Crippen LogP contribution in [0.15, 0.2) is 18.3 Å². The summed E-state index contributed by atoms with van der Waals surface area (Å²) in [4.78, 5) is 3.91. The van der Waals surface area contributed by atoms with Gasteiger partial charge in [0.1, 0.15) is 5.82 Å². The predicted octanol–water partition coefficient (Wildman–Crippen LogP) is 2.03. The van der Waals surface area contributed by atoms with Crippen molar-refractivity contribution in [3.63, 3.8) is 0 Å². The quantitative estimate of drug-likeness (QED) is 0.847. The third-order valence-corrected chi connectivity index (χ3v) is 3.36. The number of nitrogens with one attached hydrogen (secondary N) is 1. The van der Waals surface area contributed by atoms with E-state index in [1.54, 1.807) is 6.07 Å². The van der Waals surface area contributed by atoms with E-state index in [1.165, 1.54) is 12.5 Å². The molecule has 2 N–H and O–H groups in total. The first kappa shape index (κ1) is 12.5. The number of hydrogen-bond acceptors (Lipinski definition) is 3. The van der Waals surface area contributed by atoms with Crippen LogP contribution in [-0.2, 0) is 0 Å². The predicted molar refractivity (Wildman–Crippen MR) is 64.0 cm³/mol. The van der Waals surface area contributed by atoms with Gasteiger partial charge in [0.15, 0.2) is 0 Å². The van der Waals surface area contributed by atoms with Crippen molar-refractivity contribution in [1.82, 2.24) is 10.3 Å². The molecule has 1 aromatic rings. The van der Waals surface area contributed by atoms with Gasteiger partial charge in [-0.3, -0.25) is 4.98 Å². The Kier molecular flexibility index (Phi) is 4.07. The van der Waals surface area contributed by atoms with Gasteiger partial charge in [-0.15, -0.1) is 0 Å². The van der Waals surface area contributed by atoms with Crippen LogP contribution in [0.25, 0.3) is 0 Å². The van der Waals surface area contributed by atoms with E-state index in [0.717, 1.165) is 19.2 Å². The highest BCUT2D eigenvalue weighted by Gasteiger charge is 2.22. The molecule has 1 aliphatic rings. The Labute approximate surface area is 101 Å². The van der Waals surface area contributed by atoms with Crippen LogP contribution in [0, 0.1) is 11.7 Å². The van der Waals surface area contributed by atoms with Crippen molar-refractivity contribution in [1.29, 1.82) is 0 Å². The molecule has 4 heteroatoms. The van der Waals surface area contributed by atoms with E-state index >= 15 is 0 Å². The van der Waals surface area contributed by atoms with Crippen molar-refractivity contribution in [2.45, 2.75) is 38.3 Å². The van der Waals surface area contributed by atoms with Crippen LogP contribution in [-0.4, -0.2) is 22.7 Å². The molecule has 1 aliphatic heterocycles. The SMILES string of the molecule is CC1CCNC(CC(O)c2ccc(F)cn2)C1. The summed E-state index contributed by atoms with van der Waals surface area (Å²) in [7, 11) is 0. The molecular weight excluding hydrogens is 219 g/mol. The lowest BCUT2D eigenvalue weighted by atomic mass is 9.90. The maximum atomic E-state index is 12.7. The fourth-order valence-electron chi connectivity index (χ4n) is 2.37. The van der Waals surface area contributed by atoms with Crippen molar-refractivity contribution < 1.29 is 9.50 Å². The average Bonchev–Trinajstić information content (AvgIpc) is 2.29. The van der Waals surface area contributed by atoms with Crippen LogP contribution >= 0.6 is 0 Å². The monoisotopic (exact) mass is 238 g/mol. The molecule has 0 spiro atoms. The van der Waals surface area contributed by atoms with Crippen molar-refractivity contribution in [3.8, 4) is 0 Å². The Bertz CT molecular complexity index is 355. The van der Waals surface area contributed by atoms with Crippen LogP contribution in [0.4, 0.5) is 4.39 Å². The van der Waals surface area contributed by atoms with E-state index in [9.17, 15) is 9.50 Å². The fraction of sp³-hybridized carbons (Fsp3) is 0.615. The summed E-state index contributed by atoms with van der Waals surface area (Å²) >= 11 is 0. The molecule has 2 rings (SSSR count). The molecule has 0 bridgehead atoms. The minimum Gasteiger partial charge on any atom is -0.387 e. The summed E-state index contributed by atoms with van der Waals surface area (Å²) in [6, 6.07) is 3.22. The number of aliphatic hydroxyl groups is 1. The lowest BCUT2D eigenvalue weighted by Gasteiger charge is -2.29. The zero-order valence-electron chi connectivity index (χ0n) is 10.1. The van der Waals surface area contributed by atoms with Crippen LogP contribution in [0.3, 0.4) is 0 Å². The number of nitrogens with zero attached hydrogens (tertiary/aromatic N) is 1. The lowest BCUT2D eigenvalue weighted by molar-refractivity contribution is 0.134. The number of pyridine rings is 1. The summed E-state index contributed by atoms with van der Waals surface area (Å²) in [5.41, 5.74) is 0.548. The second kappa shape index (κ2) is 5.56. The first-order valence-electron chi connectivity index (χ1n) is 6.18. The van der Waals surface area contributed by atoms with Gasteiger partial charge in [-0.2, -0.15) is 0 Å². The van der Waals surface area contributed by atoms with Crippen LogP contribution in [0.1, 0.15) is 38.0 Å². The molecule has 0 radical (unpaired) electrons. The third kappa shape index (κ3) is 3.48. The highest BCUT2D eigenvalue weighted by Crippen LogP contribution is 2.23. The number of aromatic nitrogens is 1. The minimum atomic E-state index is -0.613. The molecule has 1 saturated heterocycles. The van der Waals surface area contributed by atoms with Gasteiger partial charge in [0, 0.05) is 6.04 Å². The van der Waals surface area contributed by atoms with Gasteiger partial charge in [0.25, 0.3) is 0 Å². The van der Waals surface area contributed by atoms with Crippen LogP contribution in [0.5, 0.6) is 0 Å². The second-order valence-corrected chi connectivity index (χ2v) is 4.93. The van der Waals surface area contributed by atoms with E-state index in [2.05, 4.69) is 17.2 Å². The molecule has 0 aliphatic carbocycles. The van der Waals surface area contributed by atoms with Gasteiger partial charge in [-0.25, -0.2) is 4.39 Å². The first-order chi connectivity index (χ1) is 8.15. The highest BCUT2D eigenvalue weighted by atomic mass is 19.1. The van der Waals surface area contributed by atoms with Crippen LogP contribution in [0.2, 0.25) is 0 Å². The maximum absolute atomic E-state index is 12.7. The van der Waals surface area contributed by atoms with Crippen LogP contribution < -0.4 is 5.32 Å². The third-order valence-electron chi connectivity index (χ3n) is 3.36. The molecule has 0 aromatic carbocycles. The molecule has 0 amide bonds. The second-order valence-electron chi connectivity index (χ2n) is 4.93. The van der Waals surface area contributed by atoms with E-state index in [-0.39, 0.29) is 5.82 Å². The smallest absolute Gasteiger partial charge is 0.141 e. The number of piperidine rings is 1. The summed E-state index contributed by atoms with van der Waals surface area (Å²) in [6.45, 7) is 3.24. The minimum absolute atomic E-state index is 0.334. The molecule has 94 valence electrons. The number of rotatable bonds is 3. The normalized spacial score (nSPS) is 26.8. The Balaban J connectivity index is 1.91. The Morgan fingerprint density at radius 2 is 2.41 bits per heavy atom. The summed E-state index contributed by atoms with van der Waals surface area (Å²) in [6.07, 6.45) is 3.45. The van der Waals surface area contributed by atoms with E-state index < -0.39 is 6.10 Å². The van der Waals surface area contributed by atoms with Gasteiger partial charge in [-0.1, -0.05) is 6.92 Å². The lowest BCUT2D eigenvalue weighted by Crippen LogP contribution is -2.38. The van der Waals surface area contributed by atoms with Gasteiger partial charge < -0.3 is 10.4 Å². The fourth-order valence-corrected chi connectivity index (χ4v) is 2.37. The standard InChI is InChI=1S/C13H19FN2O/c1-9-4-5-15-11(6-9)7-13(17)12-3-2-10(14)8-16-12/h2-3,8-9,11,13,15,17H,4-7H2,1H3. The van der Waals surface area contributed by atoms with Gasteiger partial charge in [0.05, 0.1) is 18.0 Å². The first-order valence-corrected chi connectivity index (χ1v) is 6.18. The van der Waals surface area contributed by atoms with Gasteiger partial charge in [-0.05, 0) is 43.9 Å². The zero-order chi connectivity index (χ0) is 12.3. The summed E-state index contributed by atoms with van der Waals surface area (Å²) < 4.78 is 12.7. The van der Waals surface area contributed by atoms with Crippen molar-refractivity contribution in [2.24, 2.45) is 5.92 Å². The van der Waals surface area contributed by atoms with E-state index in [0.29, 0.717) is 24.1 Å². The zero-order valence-corrected chi connectivity index (χ0v) is 10.1. The molecule has 3 unspecified atom stereocenters. The average molecular weight is 238 g/mol. The number of aliphatic hydroxyl groups excluding tert-OH is 1. The van der Waals surface area contributed by atoms with E-state index in [1.807, 2.05) is 0 Å². The molecular formula is C13H19FN2O. The van der Waals surface area contributed by atoms with Gasteiger partial charge >= 0.3 is 0 Å². The number of hydrogen-bond donors (Lipinski definition) is 2. The number of halogens is 1. The molecule has 2 heterocycles. The largest absolute Gasteiger partial charge is 0.387 e. The highest BCUT2D eigenvalue weighted by molar-refractivity contribution is 5.08. The van der Waals surface area contributed by atoms with Crippen molar-refractivity contribution >= 4 is 0 Å². The molecule has 1 fully saturated rings. The maximum Gasteiger partial charge on any atom is 0.141 e. The summed E-state index contributed by atoms with van der Waals surface area (Å²) in [5, 5.41) is 13.4. The van der Waals surface area contributed by atoms with Crippen molar-refractivity contribution in [2.75, 3.05) is 6.54 Å².